The molecule has 0 bridgehead atoms. The van der Waals surface area contributed by atoms with E-state index >= 15 is 0 Å². The minimum atomic E-state index is -1.06. The highest BCUT2D eigenvalue weighted by Gasteiger charge is 2.32. The molecule has 21 heavy (non-hydrogen) atoms. The fraction of sp³-hybridized carbons (Fsp3) is 0.286. The third kappa shape index (κ3) is 2.76. The van der Waals surface area contributed by atoms with Crippen molar-refractivity contribution >= 4 is 17.4 Å². The van der Waals surface area contributed by atoms with Crippen LogP contribution in [0.3, 0.4) is 0 Å². The van der Waals surface area contributed by atoms with Crippen molar-refractivity contribution in [1.29, 1.82) is 0 Å². The maximum atomic E-state index is 11.5. The zero-order valence-electron chi connectivity index (χ0n) is 11.7. The number of rotatable bonds is 4. The summed E-state index contributed by atoms with van der Waals surface area (Å²) in [6, 6.07) is 6.02. The highest BCUT2D eigenvalue weighted by molar-refractivity contribution is 6.04. The maximum Gasteiger partial charge on any atom is 0.334 e. The Kier molecular flexibility index (Phi) is 4.02. The highest BCUT2D eigenvalue weighted by Crippen LogP contribution is 2.33. The summed E-state index contributed by atoms with van der Waals surface area (Å²) in [6.45, 7) is 3.49. The van der Waals surface area contributed by atoms with Crippen LogP contribution in [-0.4, -0.2) is 21.7 Å². The molecule has 0 spiro atoms. The molecule has 1 aliphatic rings. The van der Waals surface area contributed by atoms with Crippen LogP contribution in [0.1, 0.15) is 31.7 Å². The summed E-state index contributed by atoms with van der Waals surface area (Å²) < 4.78 is 0. The molecule has 0 radical (unpaired) electrons. The molecule has 1 aromatic rings. The van der Waals surface area contributed by atoms with Gasteiger partial charge in [0.1, 0.15) is 0 Å². The van der Waals surface area contributed by atoms with Crippen molar-refractivity contribution in [3.05, 3.63) is 51.2 Å². The number of nitro benzene ring substituents is 1. The van der Waals surface area contributed by atoms with Gasteiger partial charge in [-0.2, -0.15) is 5.10 Å². The van der Waals surface area contributed by atoms with Gasteiger partial charge in [-0.3, -0.25) is 15.5 Å². The van der Waals surface area contributed by atoms with E-state index in [1.807, 2.05) is 6.92 Å². The summed E-state index contributed by atoms with van der Waals surface area (Å²) in [5.74, 6) is -1.63. The zero-order valence-corrected chi connectivity index (χ0v) is 11.7. The van der Waals surface area contributed by atoms with Crippen LogP contribution in [0.25, 0.3) is 0 Å². The molecule has 0 saturated heterocycles. The summed E-state index contributed by atoms with van der Waals surface area (Å²) in [6.07, 6.45) is 0.546. The number of carboxylic acids is 1. The average Bonchev–Trinajstić information content (AvgIpc) is 2.46. The van der Waals surface area contributed by atoms with Gasteiger partial charge in [0.15, 0.2) is 0 Å². The second-order valence-corrected chi connectivity index (χ2v) is 4.70. The summed E-state index contributed by atoms with van der Waals surface area (Å²) in [7, 11) is 0. The molecule has 2 rings (SSSR count). The monoisotopic (exact) mass is 289 g/mol. The van der Waals surface area contributed by atoms with E-state index in [4.69, 9.17) is 0 Å². The fourth-order valence-electron chi connectivity index (χ4n) is 2.41. The van der Waals surface area contributed by atoms with Crippen molar-refractivity contribution in [1.82, 2.24) is 5.43 Å². The molecule has 1 aromatic carbocycles. The first kappa shape index (κ1) is 14.7. The molecular formula is C14H15N3O4. The Morgan fingerprint density at radius 2 is 2.24 bits per heavy atom. The second-order valence-electron chi connectivity index (χ2n) is 4.70. The van der Waals surface area contributed by atoms with Crippen molar-refractivity contribution < 1.29 is 14.8 Å². The Morgan fingerprint density at radius 1 is 1.52 bits per heavy atom. The number of carboxylic acid groups (broad SMARTS) is 1. The van der Waals surface area contributed by atoms with Gasteiger partial charge in [-0.1, -0.05) is 19.1 Å². The van der Waals surface area contributed by atoms with Gasteiger partial charge in [-0.15, -0.1) is 0 Å². The van der Waals surface area contributed by atoms with E-state index in [9.17, 15) is 20.0 Å². The summed E-state index contributed by atoms with van der Waals surface area (Å²) >= 11 is 0. The van der Waals surface area contributed by atoms with Gasteiger partial charge >= 0.3 is 5.97 Å². The smallest absolute Gasteiger partial charge is 0.334 e. The normalized spacial score (nSPS) is 18.0. The molecule has 0 amide bonds. The van der Waals surface area contributed by atoms with Crippen molar-refractivity contribution in [2.75, 3.05) is 0 Å². The third-order valence-electron chi connectivity index (χ3n) is 3.40. The van der Waals surface area contributed by atoms with E-state index in [2.05, 4.69) is 10.5 Å². The molecule has 7 heteroatoms. The number of hydrogen-bond acceptors (Lipinski definition) is 5. The Morgan fingerprint density at radius 3 is 2.81 bits per heavy atom. The quantitative estimate of drug-likeness (QED) is 0.654. The number of non-ortho nitro benzene ring substituents is 1. The molecule has 7 nitrogen and oxygen atoms in total. The van der Waals surface area contributed by atoms with Gasteiger partial charge in [-0.25, -0.2) is 4.79 Å². The van der Waals surface area contributed by atoms with Crippen LogP contribution in [0.15, 0.2) is 40.6 Å². The van der Waals surface area contributed by atoms with Gasteiger partial charge in [0.2, 0.25) is 0 Å². The van der Waals surface area contributed by atoms with Gasteiger partial charge < -0.3 is 5.11 Å². The van der Waals surface area contributed by atoms with Gasteiger partial charge in [0.05, 0.1) is 22.1 Å². The Balaban J connectivity index is 2.58. The van der Waals surface area contributed by atoms with Crippen molar-refractivity contribution in [3.63, 3.8) is 0 Å². The summed E-state index contributed by atoms with van der Waals surface area (Å²) in [5.41, 5.74) is 4.44. The molecule has 1 aliphatic heterocycles. The average molecular weight is 289 g/mol. The van der Waals surface area contributed by atoms with E-state index in [0.29, 0.717) is 23.4 Å². The zero-order chi connectivity index (χ0) is 15.6. The number of carbonyl (C=O) groups is 1. The molecule has 1 heterocycles. The summed E-state index contributed by atoms with van der Waals surface area (Å²) in [5, 5.41) is 24.5. The van der Waals surface area contributed by atoms with Crippen LogP contribution in [0.4, 0.5) is 5.69 Å². The SMILES string of the molecule is CCC1=NNC(C)=C(C(=O)O)C1c1cccc([N+](=O)[O-])c1. The number of aliphatic carboxylic acids is 1. The minimum absolute atomic E-state index is 0.0659. The van der Waals surface area contributed by atoms with Crippen LogP contribution in [0.2, 0.25) is 0 Å². The molecular weight excluding hydrogens is 274 g/mol. The fourth-order valence-corrected chi connectivity index (χ4v) is 2.41. The molecule has 0 aromatic heterocycles. The van der Waals surface area contributed by atoms with Crippen molar-refractivity contribution in [3.8, 4) is 0 Å². The second kappa shape index (κ2) is 5.74. The van der Waals surface area contributed by atoms with Gasteiger partial charge in [0.25, 0.3) is 5.69 Å². The minimum Gasteiger partial charge on any atom is -0.478 e. The molecule has 0 aliphatic carbocycles. The molecule has 110 valence electrons. The molecule has 1 unspecified atom stereocenters. The summed E-state index contributed by atoms with van der Waals surface area (Å²) in [4.78, 5) is 21.9. The number of benzene rings is 1. The molecule has 1 atom stereocenters. The van der Waals surface area contributed by atoms with E-state index in [-0.39, 0.29) is 11.3 Å². The lowest BCUT2D eigenvalue weighted by Crippen LogP contribution is -2.29. The lowest BCUT2D eigenvalue weighted by atomic mass is 9.84. The van der Waals surface area contributed by atoms with Gasteiger partial charge in [0, 0.05) is 17.8 Å². The number of nitrogens with zero attached hydrogens (tertiary/aromatic N) is 2. The number of hydrogen-bond donors (Lipinski definition) is 2. The first-order valence-corrected chi connectivity index (χ1v) is 6.46. The number of nitrogens with one attached hydrogen (secondary N) is 1. The molecule has 2 N–H and O–H groups in total. The van der Waals surface area contributed by atoms with Crippen LogP contribution in [0, 0.1) is 10.1 Å². The van der Waals surface area contributed by atoms with Gasteiger partial charge in [-0.05, 0) is 18.9 Å². The predicted molar refractivity (Wildman–Crippen MR) is 77.0 cm³/mol. The number of allylic oxidation sites excluding steroid dienone is 1. The van der Waals surface area contributed by atoms with Crippen LogP contribution in [-0.2, 0) is 4.79 Å². The first-order valence-electron chi connectivity index (χ1n) is 6.46. The Bertz CT molecular complexity index is 664. The van der Waals surface area contributed by atoms with E-state index in [1.54, 1.807) is 19.1 Å². The van der Waals surface area contributed by atoms with Crippen molar-refractivity contribution in [2.24, 2.45) is 5.10 Å². The van der Waals surface area contributed by atoms with E-state index in [1.165, 1.54) is 12.1 Å². The molecule has 0 fully saturated rings. The van der Waals surface area contributed by atoms with E-state index < -0.39 is 16.8 Å². The Hall–Kier alpha value is -2.70. The van der Waals surface area contributed by atoms with Crippen LogP contribution in [0.5, 0.6) is 0 Å². The Labute approximate surface area is 121 Å². The number of hydrazone groups is 1. The van der Waals surface area contributed by atoms with Crippen LogP contribution >= 0.6 is 0 Å². The van der Waals surface area contributed by atoms with E-state index in [0.717, 1.165) is 0 Å². The predicted octanol–water partition coefficient (Wildman–Crippen LogP) is 2.41. The molecule has 0 saturated carbocycles. The maximum absolute atomic E-state index is 11.5. The lowest BCUT2D eigenvalue weighted by Gasteiger charge is -2.25. The highest BCUT2D eigenvalue weighted by atomic mass is 16.6. The first-order chi connectivity index (χ1) is 9.95. The van der Waals surface area contributed by atoms with Crippen LogP contribution < -0.4 is 5.43 Å². The number of nitro groups is 1. The topological polar surface area (TPSA) is 105 Å². The third-order valence-corrected chi connectivity index (χ3v) is 3.40. The van der Waals surface area contributed by atoms with Crippen molar-refractivity contribution in [2.45, 2.75) is 26.2 Å². The largest absolute Gasteiger partial charge is 0.478 e. The standard InChI is InChI=1S/C14H15N3O4/c1-3-11-13(12(14(18)19)8(2)15-16-11)9-5-4-6-10(7-9)17(20)21/h4-7,13,15H,3H2,1-2H3,(H,18,19). The lowest BCUT2D eigenvalue weighted by molar-refractivity contribution is -0.384.